The summed E-state index contributed by atoms with van der Waals surface area (Å²) in [5.41, 5.74) is 2.99. The molecule has 0 saturated carbocycles. The van der Waals surface area contributed by atoms with E-state index in [1.165, 1.54) is 38.3 Å². The molecule has 3 aromatic carbocycles. The molecule has 40 heavy (non-hydrogen) atoms. The Hall–Kier alpha value is -4.12. The zero-order chi connectivity index (χ0) is 29.8. The van der Waals surface area contributed by atoms with Gasteiger partial charge in [0.15, 0.2) is 0 Å². The number of nitro groups is 1. The maximum absolute atomic E-state index is 13.8. The van der Waals surface area contributed by atoms with Crippen molar-refractivity contribution in [2.45, 2.75) is 51.5 Å². The molecular formula is C29H35N3O7S. The topological polar surface area (TPSA) is 128 Å². The number of hydrogen-bond donors (Lipinski definition) is 1. The molecule has 0 fully saturated rings. The van der Waals surface area contributed by atoms with Gasteiger partial charge in [-0.05, 0) is 85.8 Å². The van der Waals surface area contributed by atoms with Crippen LogP contribution in [0.15, 0.2) is 59.5 Å². The number of nitro benzene ring substituents is 1. The number of aryl methyl sites for hydroxylation is 2. The Morgan fingerprint density at radius 1 is 0.950 bits per heavy atom. The lowest BCUT2D eigenvalue weighted by Gasteiger charge is -2.26. The quantitative estimate of drug-likeness (QED) is 0.241. The van der Waals surface area contributed by atoms with Crippen molar-refractivity contribution >= 4 is 27.3 Å². The highest BCUT2D eigenvalue weighted by Crippen LogP contribution is 2.33. The van der Waals surface area contributed by atoms with Gasteiger partial charge in [0.1, 0.15) is 18.0 Å². The van der Waals surface area contributed by atoms with Crippen LogP contribution in [0.25, 0.3) is 0 Å². The Bertz CT molecular complexity index is 1500. The van der Waals surface area contributed by atoms with Gasteiger partial charge in [0, 0.05) is 11.6 Å². The predicted octanol–water partition coefficient (Wildman–Crippen LogP) is 5.42. The van der Waals surface area contributed by atoms with Crippen LogP contribution >= 0.6 is 0 Å². The number of hydrogen-bond acceptors (Lipinski definition) is 7. The van der Waals surface area contributed by atoms with Crippen molar-refractivity contribution in [1.29, 1.82) is 0 Å². The van der Waals surface area contributed by atoms with Gasteiger partial charge in [-0.15, -0.1) is 0 Å². The smallest absolute Gasteiger partial charge is 0.273 e. The van der Waals surface area contributed by atoms with Crippen molar-refractivity contribution in [2.75, 3.05) is 25.1 Å². The van der Waals surface area contributed by atoms with Crippen LogP contribution in [0.1, 0.15) is 55.0 Å². The Labute approximate surface area is 235 Å². The van der Waals surface area contributed by atoms with Crippen LogP contribution in [0, 0.1) is 24.0 Å². The van der Waals surface area contributed by atoms with Gasteiger partial charge in [-0.2, -0.15) is 0 Å². The molecule has 3 aromatic rings. The number of nitrogens with one attached hydrogen (secondary N) is 1. The number of methoxy groups -OCH3 is 2. The highest BCUT2D eigenvalue weighted by Gasteiger charge is 2.30. The molecule has 3 rings (SSSR count). The summed E-state index contributed by atoms with van der Waals surface area (Å²) < 4.78 is 39.2. The second kappa shape index (κ2) is 12.4. The lowest BCUT2D eigenvalue weighted by Crippen LogP contribution is -2.41. The van der Waals surface area contributed by atoms with Crippen LogP contribution < -0.4 is 19.1 Å². The Balaban J connectivity index is 1.98. The maximum atomic E-state index is 13.8. The SMILES string of the molecule is COc1ccc(N(CC(=O)NC(C)c2cc(C(C)C)c(OC)cc2C)S(=O)(=O)c2ccc(C)c([N+](=O)[O-])c2)cc1. The van der Waals surface area contributed by atoms with Gasteiger partial charge in [0.25, 0.3) is 15.7 Å². The molecule has 0 spiro atoms. The van der Waals surface area contributed by atoms with Gasteiger partial charge >= 0.3 is 0 Å². The van der Waals surface area contributed by atoms with E-state index in [1.54, 1.807) is 19.2 Å². The molecule has 0 saturated heterocycles. The molecule has 0 radical (unpaired) electrons. The summed E-state index contributed by atoms with van der Waals surface area (Å²) in [5.74, 6) is 0.904. The van der Waals surface area contributed by atoms with E-state index in [0.717, 1.165) is 32.8 Å². The summed E-state index contributed by atoms with van der Waals surface area (Å²) in [6.45, 7) is 8.82. The summed E-state index contributed by atoms with van der Waals surface area (Å²) >= 11 is 0. The minimum absolute atomic E-state index is 0.187. The van der Waals surface area contributed by atoms with E-state index in [-0.39, 0.29) is 22.2 Å². The maximum Gasteiger partial charge on any atom is 0.273 e. The zero-order valence-corrected chi connectivity index (χ0v) is 24.5. The summed E-state index contributed by atoms with van der Waals surface area (Å²) in [6.07, 6.45) is 0. The molecule has 0 aliphatic rings. The summed E-state index contributed by atoms with van der Waals surface area (Å²) in [7, 11) is -1.27. The number of nitrogens with zero attached hydrogens (tertiary/aromatic N) is 2. The van der Waals surface area contributed by atoms with Crippen molar-refractivity contribution in [3.63, 3.8) is 0 Å². The Morgan fingerprint density at radius 2 is 1.60 bits per heavy atom. The molecule has 11 heteroatoms. The largest absolute Gasteiger partial charge is 0.497 e. The number of amides is 1. The first kappa shape index (κ1) is 30.4. The van der Waals surface area contributed by atoms with Crippen molar-refractivity contribution in [2.24, 2.45) is 0 Å². The third-order valence-electron chi connectivity index (χ3n) is 6.70. The van der Waals surface area contributed by atoms with Crippen molar-refractivity contribution in [3.8, 4) is 11.5 Å². The van der Waals surface area contributed by atoms with E-state index in [2.05, 4.69) is 5.32 Å². The van der Waals surface area contributed by atoms with Gasteiger partial charge < -0.3 is 14.8 Å². The van der Waals surface area contributed by atoms with Crippen LogP contribution in [0.3, 0.4) is 0 Å². The molecular weight excluding hydrogens is 534 g/mol. The van der Waals surface area contributed by atoms with Crippen LogP contribution in [0.4, 0.5) is 11.4 Å². The van der Waals surface area contributed by atoms with E-state index in [1.807, 2.05) is 39.8 Å². The fourth-order valence-corrected chi connectivity index (χ4v) is 5.88. The number of rotatable bonds is 11. The molecule has 0 heterocycles. The van der Waals surface area contributed by atoms with E-state index in [9.17, 15) is 23.3 Å². The van der Waals surface area contributed by atoms with Gasteiger partial charge in [0.05, 0.1) is 35.8 Å². The van der Waals surface area contributed by atoms with Crippen molar-refractivity contribution in [1.82, 2.24) is 5.32 Å². The minimum atomic E-state index is -4.37. The molecule has 10 nitrogen and oxygen atoms in total. The highest BCUT2D eigenvalue weighted by atomic mass is 32.2. The number of carbonyl (C=O) groups excluding carboxylic acids is 1. The van der Waals surface area contributed by atoms with Crippen LogP contribution in [-0.2, 0) is 14.8 Å². The normalized spacial score (nSPS) is 12.1. The first-order chi connectivity index (χ1) is 18.8. The molecule has 214 valence electrons. The van der Waals surface area contributed by atoms with Crippen LogP contribution in [-0.4, -0.2) is 40.0 Å². The van der Waals surface area contributed by atoms with Crippen molar-refractivity contribution in [3.05, 3.63) is 87.0 Å². The summed E-state index contributed by atoms with van der Waals surface area (Å²) in [5, 5.41) is 14.4. The lowest BCUT2D eigenvalue weighted by molar-refractivity contribution is -0.385. The lowest BCUT2D eigenvalue weighted by atomic mass is 9.93. The average Bonchev–Trinajstić information content (AvgIpc) is 2.91. The van der Waals surface area contributed by atoms with Crippen molar-refractivity contribution < 1.29 is 27.6 Å². The molecule has 0 aromatic heterocycles. The number of benzene rings is 3. The van der Waals surface area contributed by atoms with Gasteiger partial charge in [-0.3, -0.25) is 19.2 Å². The molecule has 1 N–H and O–H groups in total. The fraction of sp³-hybridized carbons (Fsp3) is 0.345. The van der Waals surface area contributed by atoms with Crippen LogP contribution in [0.2, 0.25) is 0 Å². The van der Waals surface area contributed by atoms with Gasteiger partial charge in [-0.25, -0.2) is 8.42 Å². The average molecular weight is 570 g/mol. The minimum Gasteiger partial charge on any atom is -0.497 e. The molecule has 1 unspecified atom stereocenters. The molecule has 0 aliphatic carbocycles. The Kier molecular flexibility index (Phi) is 9.41. The molecule has 1 amide bonds. The number of anilines is 1. The third kappa shape index (κ3) is 6.53. The number of sulfonamides is 1. The van der Waals surface area contributed by atoms with E-state index in [4.69, 9.17) is 9.47 Å². The number of ether oxygens (including phenoxy) is 2. The second-order valence-electron chi connectivity index (χ2n) is 9.81. The van der Waals surface area contributed by atoms with E-state index >= 15 is 0 Å². The Morgan fingerprint density at radius 3 is 2.15 bits per heavy atom. The van der Waals surface area contributed by atoms with Gasteiger partial charge in [-0.1, -0.05) is 19.9 Å². The third-order valence-corrected chi connectivity index (χ3v) is 8.47. The molecule has 1 atom stereocenters. The van der Waals surface area contributed by atoms with E-state index < -0.39 is 33.4 Å². The first-order valence-electron chi connectivity index (χ1n) is 12.7. The van der Waals surface area contributed by atoms with E-state index in [0.29, 0.717) is 11.3 Å². The number of carbonyl (C=O) groups is 1. The van der Waals surface area contributed by atoms with Crippen LogP contribution in [0.5, 0.6) is 11.5 Å². The predicted molar refractivity (Wildman–Crippen MR) is 154 cm³/mol. The first-order valence-corrected chi connectivity index (χ1v) is 14.1. The summed E-state index contributed by atoms with van der Waals surface area (Å²) in [6, 6.07) is 13.3. The standard InChI is InChI=1S/C29H35N3O7S/c1-18(2)25-16-26(20(4)14-28(25)39-7)21(5)30-29(33)17-31(22-9-11-23(38-6)12-10-22)40(36,37)24-13-8-19(3)27(15-24)32(34)35/h8-16,18,21H,17H2,1-7H3,(H,30,33). The molecule has 0 aliphatic heterocycles. The highest BCUT2D eigenvalue weighted by molar-refractivity contribution is 7.92. The second-order valence-corrected chi connectivity index (χ2v) is 11.7. The molecule has 0 bridgehead atoms. The summed E-state index contributed by atoms with van der Waals surface area (Å²) in [4.78, 5) is 23.9. The fourth-order valence-electron chi connectivity index (χ4n) is 4.44. The van der Waals surface area contributed by atoms with Gasteiger partial charge in [0.2, 0.25) is 5.91 Å². The zero-order valence-electron chi connectivity index (χ0n) is 23.7. The monoisotopic (exact) mass is 569 g/mol.